The Hall–Kier alpha value is -1.45. The summed E-state index contributed by atoms with van der Waals surface area (Å²) in [6.45, 7) is 4.79. The summed E-state index contributed by atoms with van der Waals surface area (Å²) in [6, 6.07) is 4.65. The number of hydrogen-bond donors (Lipinski definition) is 1. The van der Waals surface area contributed by atoms with Crippen LogP contribution in [0.1, 0.15) is 32.4 Å². The van der Waals surface area contributed by atoms with E-state index in [1.807, 2.05) is 26.0 Å². The molecule has 88 valence electrons. The molecule has 2 N–H and O–H groups in total. The van der Waals surface area contributed by atoms with Crippen LogP contribution in [0.15, 0.2) is 27.8 Å². The van der Waals surface area contributed by atoms with E-state index in [1.165, 1.54) is 12.8 Å². The lowest BCUT2D eigenvalue weighted by Gasteiger charge is -2.22. The number of rotatable bonds is 4. The molecule has 0 bridgehead atoms. The Balaban J connectivity index is 2.05. The second kappa shape index (κ2) is 4.60. The van der Waals surface area contributed by atoms with Gasteiger partial charge in [-0.3, -0.25) is 4.99 Å². The number of aliphatic imine (C=N–C) groups is 1. The molecule has 0 atom stereocenters. The van der Waals surface area contributed by atoms with E-state index in [0.29, 0.717) is 12.0 Å². The minimum atomic E-state index is 0.234. The van der Waals surface area contributed by atoms with E-state index in [4.69, 9.17) is 10.2 Å². The van der Waals surface area contributed by atoms with Crippen LogP contribution in [0.4, 0.5) is 0 Å². The lowest BCUT2D eigenvalue weighted by atomic mass is 10.4. The fourth-order valence-electron chi connectivity index (χ4n) is 1.69. The highest BCUT2D eigenvalue weighted by molar-refractivity contribution is 5.78. The van der Waals surface area contributed by atoms with E-state index in [1.54, 1.807) is 6.26 Å². The van der Waals surface area contributed by atoms with Gasteiger partial charge in [-0.2, -0.15) is 0 Å². The molecule has 16 heavy (non-hydrogen) atoms. The van der Waals surface area contributed by atoms with Crippen LogP contribution in [0.2, 0.25) is 0 Å². The number of hydrogen-bond acceptors (Lipinski definition) is 2. The molecule has 1 aliphatic rings. The predicted octanol–water partition coefficient (Wildman–Crippen LogP) is 1.97. The zero-order valence-electron chi connectivity index (χ0n) is 9.89. The molecule has 4 heteroatoms. The molecule has 0 spiro atoms. The first-order chi connectivity index (χ1) is 7.66. The van der Waals surface area contributed by atoms with Gasteiger partial charge < -0.3 is 15.1 Å². The molecule has 0 unspecified atom stereocenters. The van der Waals surface area contributed by atoms with E-state index in [0.717, 1.165) is 12.3 Å². The largest absolute Gasteiger partial charge is 0.467 e. The number of nitrogens with two attached hydrogens (primary N) is 1. The third kappa shape index (κ3) is 2.78. The topological polar surface area (TPSA) is 54.8 Å². The van der Waals surface area contributed by atoms with Crippen molar-refractivity contribution in [2.45, 2.75) is 45.3 Å². The first kappa shape index (κ1) is 11.0. The lowest BCUT2D eigenvalue weighted by Crippen LogP contribution is -2.39. The Morgan fingerprint density at radius 2 is 2.38 bits per heavy atom. The van der Waals surface area contributed by atoms with E-state index in [9.17, 15) is 0 Å². The van der Waals surface area contributed by atoms with Crippen molar-refractivity contribution in [2.24, 2.45) is 10.7 Å². The van der Waals surface area contributed by atoms with Crippen LogP contribution in [-0.2, 0) is 6.54 Å². The SMILES string of the molecule is CC(C)N=C(N)N(Cc1ccco1)C1CC1. The highest BCUT2D eigenvalue weighted by Gasteiger charge is 2.31. The Kier molecular flexibility index (Phi) is 3.17. The van der Waals surface area contributed by atoms with Gasteiger partial charge in [-0.15, -0.1) is 0 Å². The smallest absolute Gasteiger partial charge is 0.192 e. The van der Waals surface area contributed by atoms with Crippen LogP contribution >= 0.6 is 0 Å². The number of nitrogens with zero attached hydrogens (tertiary/aromatic N) is 2. The maximum absolute atomic E-state index is 6.01. The van der Waals surface area contributed by atoms with E-state index < -0.39 is 0 Å². The number of guanidine groups is 1. The average Bonchev–Trinajstić information content (AvgIpc) is 2.91. The fraction of sp³-hybridized carbons (Fsp3) is 0.583. The van der Waals surface area contributed by atoms with Crippen LogP contribution in [-0.4, -0.2) is 22.9 Å². The Labute approximate surface area is 96.1 Å². The zero-order chi connectivity index (χ0) is 11.5. The minimum absolute atomic E-state index is 0.234. The maximum Gasteiger partial charge on any atom is 0.192 e. The Morgan fingerprint density at radius 3 is 2.88 bits per heavy atom. The zero-order valence-corrected chi connectivity index (χ0v) is 9.89. The molecular weight excluding hydrogens is 202 g/mol. The summed E-state index contributed by atoms with van der Waals surface area (Å²) in [6.07, 6.45) is 4.10. The Morgan fingerprint density at radius 1 is 1.62 bits per heavy atom. The quantitative estimate of drug-likeness (QED) is 0.624. The summed E-state index contributed by atoms with van der Waals surface area (Å²) in [7, 11) is 0. The second-order valence-electron chi connectivity index (χ2n) is 4.52. The van der Waals surface area contributed by atoms with Gasteiger partial charge >= 0.3 is 0 Å². The number of furan rings is 1. The standard InChI is InChI=1S/C12H19N3O/c1-9(2)14-12(13)15(10-5-6-10)8-11-4-3-7-16-11/h3-4,7,9-10H,5-6,8H2,1-2H3,(H2,13,14). The third-order valence-electron chi connectivity index (χ3n) is 2.58. The van der Waals surface area contributed by atoms with Gasteiger partial charge in [-0.1, -0.05) is 0 Å². The first-order valence-electron chi connectivity index (χ1n) is 5.79. The second-order valence-corrected chi connectivity index (χ2v) is 4.52. The van der Waals surface area contributed by atoms with Crippen LogP contribution < -0.4 is 5.73 Å². The van der Waals surface area contributed by atoms with Crippen molar-refractivity contribution in [3.63, 3.8) is 0 Å². The highest BCUT2D eigenvalue weighted by atomic mass is 16.3. The fourth-order valence-corrected chi connectivity index (χ4v) is 1.69. The van der Waals surface area contributed by atoms with Gasteiger partial charge in [0, 0.05) is 12.1 Å². The van der Waals surface area contributed by atoms with Crippen LogP contribution in [0.25, 0.3) is 0 Å². The van der Waals surface area contributed by atoms with Crippen molar-refractivity contribution in [2.75, 3.05) is 0 Å². The van der Waals surface area contributed by atoms with Gasteiger partial charge in [0.1, 0.15) is 5.76 Å². The van der Waals surface area contributed by atoms with Gasteiger partial charge in [0.05, 0.1) is 12.8 Å². The molecule has 4 nitrogen and oxygen atoms in total. The highest BCUT2D eigenvalue weighted by Crippen LogP contribution is 2.28. The monoisotopic (exact) mass is 221 g/mol. The molecule has 1 aromatic heterocycles. The summed E-state index contributed by atoms with van der Waals surface area (Å²) < 4.78 is 5.34. The summed E-state index contributed by atoms with van der Waals surface area (Å²) in [5.74, 6) is 1.57. The van der Waals surface area contributed by atoms with Crippen molar-refractivity contribution in [3.8, 4) is 0 Å². The Bertz CT molecular complexity index is 352. The summed E-state index contributed by atoms with van der Waals surface area (Å²) in [4.78, 5) is 6.54. The molecule has 0 aliphatic heterocycles. The van der Waals surface area contributed by atoms with Gasteiger partial charge in [-0.05, 0) is 38.8 Å². The summed E-state index contributed by atoms with van der Waals surface area (Å²) in [5.41, 5.74) is 6.01. The summed E-state index contributed by atoms with van der Waals surface area (Å²) >= 11 is 0. The van der Waals surface area contributed by atoms with Gasteiger partial charge in [0.2, 0.25) is 0 Å². The minimum Gasteiger partial charge on any atom is -0.467 e. The van der Waals surface area contributed by atoms with Gasteiger partial charge in [-0.25, -0.2) is 0 Å². The average molecular weight is 221 g/mol. The molecule has 2 rings (SSSR count). The van der Waals surface area contributed by atoms with E-state index >= 15 is 0 Å². The predicted molar refractivity (Wildman–Crippen MR) is 64.0 cm³/mol. The molecule has 0 aromatic carbocycles. The summed E-state index contributed by atoms with van der Waals surface area (Å²) in [5, 5.41) is 0. The van der Waals surface area contributed by atoms with Gasteiger partial charge in [0.25, 0.3) is 0 Å². The molecule has 1 aromatic rings. The molecule has 0 amide bonds. The molecule has 1 saturated carbocycles. The van der Waals surface area contributed by atoms with E-state index in [-0.39, 0.29) is 6.04 Å². The third-order valence-corrected chi connectivity index (χ3v) is 2.58. The van der Waals surface area contributed by atoms with Crippen LogP contribution in [0.3, 0.4) is 0 Å². The maximum atomic E-state index is 6.01. The molecule has 1 fully saturated rings. The van der Waals surface area contributed by atoms with Gasteiger partial charge in [0.15, 0.2) is 5.96 Å². The molecule has 0 saturated heterocycles. The van der Waals surface area contributed by atoms with Crippen molar-refractivity contribution >= 4 is 5.96 Å². The molecule has 1 aliphatic carbocycles. The van der Waals surface area contributed by atoms with Crippen LogP contribution in [0.5, 0.6) is 0 Å². The van der Waals surface area contributed by atoms with E-state index in [2.05, 4.69) is 9.89 Å². The molecule has 1 heterocycles. The van der Waals surface area contributed by atoms with Crippen molar-refractivity contribution in [3.05, 3.63) is 24.2 Å². The lowest BCUT2D eigenvalue weighted by molar-refractivity contribution is 0.348. The van der Waals surface area contributed by atoms with Crippen molar-refractivity contribution in [1.82, 2.24) is 4.90 Å². The van der Waals surface area contributed by atoms with Crippen molar-refractivity contribution < 1.29 is 4.42 Å². The van der Waals surface area contributed by atoms with Crippen molar-refractivity contribution in [1.29, 1.82) is 0 Å². The molecule has 0 radical (unpaired) electrons. The normalized spacial score (nSPS) is 16.8. The van der Waals surface area contributed by atoms with Crippen LogP contribution in [0, 0.1) is 0 Å². The molecular formula is C12H19N3O. The first-order valence-corrected chi connectivity index (χ1v) is 5.79.